The molecule has 0 unspecified atom stereocenters. The maximum absolute atomic E-state index is 9.18. The molecule has 66 valence electrons. The molecule has 0 aliphatic carbocycles. The smallest absolute Gasteiger partial charge is 0.115 e. The third kappa shape index (κ3) is 2.55. The quantitative estimate of drug-likeness (QED) is 0.738. The van der Waals surface area contributed by atoms with Crippen LogP contribution in [0, 0.1) is 0 Å². The zero-order chi connectivity index (χ0) is 8.97. The first kappa shape index (κ1) is 9.07. The fraction of sp³-hybridized carbons (Fsp3) is 0.400. The minimum atomic E-state index is 0.344. The molecule has 1 aromatic rings. The molecule has 0 saturated carbocycles. The number of phenols is 1. The number of hydrogen-bond donors (Lipinski definition) is 1. The summed E-state index contributed by atoms with van der Waals surface area (Å²) in [6.07, 6.45) is 0. The molecule has 2 nitrogen and oxygen atoms in total. The highest BCUT2D eigenvalue weighted by Crippen LogP contribution is 2.11. The molecule has 1 rings (SSSR count). The summed E-state index contributed by atoms with van der Waals surface area (Å²) in [5.41, 5.74) is 1.15. The molecule has 0 atom stereocenters. The maximum atomic E-state index is 9.18. The van der Waals surface area contributed by atoms with E-state index in [2.05, 4.69) is 18.9 Å². The predicted octanol–water partition coefficient (Wildman–Crippen LogP) is 1.84. The SMILES string of the molecule is CCN(C)Cc1cccc(O)c1. The summed E-state index contributed by atoms with van der Waals surface area (Å²) in [5.74, 6) is 0.344. The summed E-state index contributed by atoms with van der Waals surface area (Å²) in [4.78, 5) is 2.19. The number of hydrogen-bond acceptors (Lipinski definition) is 2. The Hall–Kier alpha value is -1.02. The van der Waals surface area contributed by atoms with E-state index >= 15 is 0 Å². The summed E-state index contributed by atoms with van der Waals surface area (Å²) in [7, 11) is 2.06. The van der Waals surface area contributed by atoms with E-state index in [1.54, 1.807) is 12.1 Å². The minimum absolute atomic E-state index is 0.344. The van der Waals surface area contributed by atoms with Gasteiger partial charge < -0.3 is 10.0 Å². The van der Waals surface area contributed by atoms with E-state index in [4.69, 9.17) is 0 Å². The van der Waals surface area contributed by atoms with Crippen molar-refractivity contribution in [2.45, 2.75) is 13.5 Å². The average molecular weight is 165 g/mol. The van der Waals surface area contributed by atoms with Crippen LogP contribution in [-0.4, -0.2) is 23.6 Å². The molecular formula is C10H15NO. The third-order valence-corrected chi connectivity index (χ3v) is 1.90. The van der Waals surface area contributed by atoms with Gasteiger partial charge in [-0.05, 0) is 31.3 Å². The van der Waals surface area contributed by atoms with E-state index in [1.165, 1.54) is 0 Å². The van der Waals surface area contributed by atoms with Gasteiger partial charge in [-0.3, -0.25) is 0 Å². The van der Waals surface area contributed by atoms with E-state index in [1.807, 2.05) is 12.1 Å². The molecule has 0 aliphatic heterocycles. The molecule has 0 amide bonds. The first-order valence-corrected chi connectivity index (χ1v) is 4.19. The van der Waals surface area contributed by atoms with Gasteiger partial charge in [-0.2, -0.15) is 0 Å². The number of aromatic hydroxyl groups is 1. The van der Waals surface area contributed by atoms with Crippen LogP contribution < -0.4 is 0 Å². The molecule has 0 radical (unpaired) electrons. The summed E-state index contributed by atoms with van der Waals surface area (Å²) >= 11 is 0. The molecule has 0 spiro atoms. The first-order valence-electron chi connectivity index (χ1n) is 4.19. The van der Waals surface area contributed by atoms with Gasteiger partial charge in [0.15, 0.2) is 0 Å². The van der Waals surface area contributed by atoms with Crippen LogP contribution in [0.1, 0.15) is 12.5 Å². The summed E-state index contributed by atoms with van der Waals surface area (Å²) < 4.78 is 0. The van der Waals surface area contributed by atoms with Crippen molar-refractivity contribution in [2.24, 2.45) is 0 Å². The number of phenolic OH excluding ortho intramolecular Hbond substituents is 1. The van der Waals surface area contributed by atoms with Gasteiger partial charge in [0.2, 0.25) is 0 Å². The zero-order valence-corrected chi connectivity index (χ0v) is 7.62. The highest BCUT2D eigenvalue weighted by molar-refractivity contribution is 5.26. The Labute approximate surface area is 73.4 Å². The fourth-order valence-electron chi connectivity index (χ4n) is 1.08. The molecule has 12 heavy (non-hydrogen) atoms. The lowest BCUT2D eigenvalue weighted by Crippen LogP contribution is -2.16. The average Bonchev–Trinajstić information content (AvgIpc) is 2.04. The van der Waals surface area contributed by atoms with Gasteiger partial charge in [0, 0.05) is 6.54 Å². The van der Waals surface area contributed by atoms with E-state index in [0.29, 0.717) is 5.75 Å². The van der Waals surface area contributed by atoms with Gasteiger partial charge in [0.25, 0.3) is 0 Å². The van der Waals surface area contributed by atoms with E-state index in [-0.39, 0.29) is 0 Å². The van der Waals surface area contributed by atoms with Crippen LogP contribution in [0.15, 0.2) is 24.3 Å². The topological polar surface area (TPSA) is 23.5 Å². The Morgan fingerprint density at radius 3 is 2.75 bits per heavy atom. The first-order chi connectivity index (χ1) is 5.72. The Kier molecular flexibility index (Phi) is 3.11. The van der Waals surface area contributed by atoms with Gasteiger partial charge in [0.1, 0.15) is 5.75 Å². The highest BCUT2D eigenvalue weighted by atomic mass is 16.3. The largest absolute Gasteiger partial charge is 0.508 e. The van der Waals surface area contributed by atoms with Crippen LogP contribution in [0.3, 0.4) is 0 Å². The van der Waals surface area contributed by atoms with Crippen molar-refractivity contribution < 1.29 is 5.11 Å². The van der Waals surface area contributed by atoms with Crippen molar-refractivity contribution in [3.8, 4) is 5.75 Å². The molecule has 0 aromatic heterocycles. The van der Waals surface area contributed by atoms with Gasteiger partial charge in [-0.1, -0.05) is 19.1 Å². The van der Waals surface area contributed by atoms with Crippen LogP contribution in [0.25, 0.3) is 0 Å². The van der Waals surface area contributed by atoms with Gasteiger partial charge in [0.05, 0.1) is 0 Å². The van der Waals surface area contributed by atoms with E-state index in [9.17, 15) is 5.11 Å². The van der Waals surface area contributed by atoms with Crippen molar-refractivity contribution in [3.05, 3.63) is 29.8 Å². The standard InChI is InChI=1S/C10H15NO/c1-3-11(2)8-9-5-4-6-10(12)7-9/h4-7,12H,3,8H2,1-2H3. The molecule has 0 aliphatic rings. The molecule has 0 bridgehead atoms. The molecule has 2 heteroatoms. The Balaban J connectivity index is 2.63. The second-order valence-corrected chi connectivity index (χ2v) is 3.00. The summed E-state index contributed by atoms with van der Waals surface area (Å²) in [6, 6.07) is 7.38. The maximum Gasteiger partial charge on any atom is 0.115 e. The summed E-state index contributed by atoms with van der Waals surface area (Å²) in [6.45, 7) is 4.03. The Morgan fingerprint density at radius 1 is 1.42 bits per heavy atom. The molecular weight excluding hydrogens is 150 g/mol. The van der Waals surface area contributed by atoms with Crippen LogP contribution in [0.5, 0.6) is 5.75 Å². The molecule has 0 heterocycles. The number of nitrogens with zero attached hydrogens (tertiary/aromatic N) is 1. The number of rotatable bonds is 3. The zero-order valence-electron chi connectivity index (χ0n) is 7.62. The van der Waals surface area contributed by atoms with Crippen molar-refractivity contribution in [2.75, 3.05) is 13.6 Å². The monoisotopic (exact) mass is 165 g/mol. The second-order valence-electron chi connectivity index (χ2n) is 3.00. The lowest BCUT2D eigenvalue weighted by Gasteiger charge is -2.13. The van der Waals surface area contributed by atoms with Crippen molar-refractivity contribution in [1.82, 2.24) is 4.90 Å². The van der Waals surface area contributed by atoms with Crippen molar-refractivity contribution in [1.29, 1.82) is 0 Å². The molecule has 0 saturated heterocycles. The lowest BCUT2D eigenvalue weighted by molar-refractivity contribution is 0.345. The number of benzene rings is 1. The van der Waals surface area contributed by atoms with E-state index < -0.39 is 0 Å². The van der Waals surface area contributed by atoms with Crippen LogP contribution in [-0.2, 0) is 6.54 Å². The van der Waals surface area contributed by atoms with Gasteiger partial charge >= 0.3 is 0 Å². The van der Waals surface area contributed by atoms with Crippen molar-refractivity contribution in [3.63, 3.8) is 0 Å². The summed E-state index contributed by atoms with van der Waals surface area (Å²) in [5, 5.41) is 9.18. The molecule has 1 N–H and O–H groups in total. The molecule has 0 fully saturated rings. The van der Waals surface area contributed by atoms with Crippen LogP contribution in [0.2, 0.25) is 0 Å². The minimum Gasteiger partial charge on any atom is -0.508 e. The predicted molar refractivity (Wildman–Crippen MR) is 50.1 cm³/mol. The normalized spacial score (nSPS) is 10.6. The van der Waals surface area contributed by atoms with Gasteiger partial charge in [-0.25, -0.2) is 0 Å². The Bertz CT molecular complexity index is 247. The van der Waals surface area contributed by atoms with Crippen molar-refractivity contribution >= 4 is 0 Å². The highest BCUT2D eigenvalue weighted by Gasteiger charge is 1.97. The molecule has 1 aromatic carbocycles. The fourth-order valence-corrected chi connectivity index (χ4v) is 1.08. The van der Waals surface area contributed by atoms with Gasteiger partial charge in [-0.15, -0.1) is 0 Å². The second kappa shape index (κ2) is 4.12. The van der Waals surface area contributed by atoms with Crippen LogP contribution >= 0.6 is 0 Å². The Morgan fingerprint density at radius 2 is 2.17 bits per heavy atom. The van der Waals surface area contributed by atoms with Crippen LogP contribution in [0.4, 0.5) is 0 Å². The third-order valence-electron chi connectivity index (χ3n) is 1.90. The van der Waals surface area contributed by atoms with E-state index in [0.717, 1.165) is 18.7 Å². The lowest BCUT2D eigenvalue weighted by atomic mass is 10.2.